The fourth-order valence-corrected chi connectivity index (χ4v) is 3.19. The van der Waals surface area contributed by atoms with Gasteiger partial charge in [0, 0.05) is 18.1 Å². The molecule has 0 saturated carbocycles. The Morgan fingerprint density at radius 2 is 1.72 bits per heavy atom. The van der Waals surface area contributed by atoms with E-state index in [2.05, 4.69) is 49.4 Å². The molecule has 0 radical (unpaired) electrons. The molecule has 25 heavy (non-hydrogen) atoms. The van der Waals surface area contributed by atoms with Gasteiger partial charge in [0.05, 0.1) is 7.11 Å². The highest BCUT2D eigenvalue weighted by Crippen LogP contribution is 2.41. The maximum Gasteiger partial charge on any atom is 0.188 e. The minimum Gasteiger partial charge on any atom is -0.497 e. The molecule has 0 saturated heterocycles. The molecule has 0 amide bonds. The first-order chi connectivity index (χ1) is 12.3. The Bertz CT molecular complexity index is 841. The number of ether oxygens (including phenoxy) is 3. The van der Waals surface area contributed by atoms with Gasteiger partial charge in [0.2, 0.25) is 0 Å². The van der Waals surface area contributed by atoms with Crippen LogP contribution < -0.4 is 9.47 Å². The molecule has 130 valence electrons. The Morgan fingerprint density at radius 1 is 0.920 bits per heavy atom. The second kappa shape index (κ2) is 8.04. The number of hydrogen-bond donors (Lipinski definition) is 0. The van der Waals surface area contributed by atoms with E-state index in [-0.39, 0.29) is 6.79 Å². The second-order valence-corrected chi connectivity index (χ2v) is 5.99. The van der Waals surface area contributed by atoms with Crippen molar-refractivity contribution < 1.29 is 14.2 Å². The number of benzene rings is 3. The molecule has 0 aliphatic rings. The van der Waals surface area contributed by atoms with Crippen LogP contribution in [0.1, 0.15) is 18.9 Å². The van der Waals surface area contributed by atoms with E-state index in [1.807, 2.05) is 12.1 Å². The van der Waals surface area contributed by atoms with Crippen molar-refractivity contribution in [3.8, 4) is 22.6 Å². The third-order valence-corrected chi connectivity index (χ3v) is 4.28. The van der Waals surface area contributed by atoms with Gasteiger partial charge >= 0.3 is 0 Å². The smallest absolute Gasteiger partial charge is 0.188 e. The normalized spacial score (nSPS) is 10.8. The van der Waals surface area contributed by atoms with Gasteiger partial charge < -0.3 is 14.2 Å². The molecular formula is C22H24O3. The van der Waals surface area contributed by atoms with Gasteiger partial charge in [0.15, 0.2) is 6.79 Å². The maximum absolute atomic E-state index is 6.05. The monoisotopic (exact) mass is 336 g/mol. The molecule has 0 N–H and O–H groups in total. The van der Waals surface area contributed by atoms with Crippen LogP contribution in [0, 0.1) is 0 Å². The topological polar surface area (TPSA) is 27.7 Å². The lowest BCUT2D eigenvalue weighted by Crippen LogP contribution is -2.03. The van der Waals surface area contributed by atoms with E-state index in [9.17, 15) is 0 Å². The summed E-state index contributed by atoms with van der Waals surface area (Å²) in [5.41, 5.74) is 3.59. The quantitative estimate of drug-likeness (QED) is 0.537. The number of hydrogen-bond acceptors (Lipinski definition) is 3. The highest BCUT2D eigenvalue weighted by atomic mass is 16.7. The Balaban J connectivity index is 2.30. The fourth-order valence-electron chi connectivity index (χ4n) is 3.19. The van der Waals surface area contributed by atoms with Crippen LogP contribution in [0.3, 0.4) is 0 Å². The molecule has 3 aromatic carbocycles. The summed E-state index contributed by atoms with van der Waals surface area (Å²) in [6, 6.07) is 18.7. The molecule has 3 rings (SSSR count). The lowest BCUT2D eigenvalue weighted by Gasteiger charge is -2.19. The number of methoxy groups -OCH3 is 2. The molecule has 0 aliphatic carbocycles. The molecule has 0 spiro atoms. The summed E-state index contributed by atoms with van der Waals surface area (Å²) in [7, 11) is 3.33. The van der Waals surface area contributed by atoms with Crippen LogP contribution in [0.5, 0.6) is 11.5 Å². The summed E-state index contributed by atoms with van der Waals surface area (Å²) in [5, 5.41) is 2.19. The molecular weight excluding hydrogens is 312 g/mol. The minimum atomic E-state index is 0.219. The van der Waals surface area contributed by atoms with Gasteiger partial charge in [0.1, 0.15) is 11.5 Å². The lowest BCUT2D eigenvalue weighted by atomic mass is 9.92. The highest BCUT2D eigenvalue weighted by molar-refractivity contribution is 5.97. The third-order valence-electron chi connectivity index (χ3n) is 4.28. The van der Waals surface area contributed by atoms with Crippen molar-refractivity contribution >= 4 is 10.8 Å². The first-order valence-corrected chi connectivity index (χ1v) is 8.59. The van der Waals surface area contributed by atoms with Crippen LogP contribution in [0.15, 0.2) is 54.6 Å². The largest absolute Gasteiger partial charge is 0.497 e. The van der Waals surface area contributed by atoms with Crippen molar-refractivity contribution in [1.29, 1.82) is 0 Å². The first-order valence-electron chi connectivity index (χ1n) is 8.59. The van der Waals surface area contributed by atoms with Gasteiger partial charge in [-0.2, -0.15) is 0 Å². The van der Waals surface area contributed by atoms with Crippen LogP contribution >= 0.6 is 0 Å². The Morgan fingerprint density at radius 3 is 2.40 bits per heavy atom. The molecule has 3 nitrogen and oxygen atoms in total. The SMILES string of the molecule is CCCc1cc2cc(OC)ccc2c(OCOC)c1-c1ccccc1. The molecule has 3 heteroatoms. The van der Waals surface area contributed by atoms with Gasteiger partial charge in [0.25, 0.3) is 0 Å². The van der Waals surface area contributed by atoms with E-state index >= 15 is 0 Å². The van der Waals surface area contributed by atoms with Crippen LogP contribution in [0.4, 0.5) is 0 Å². The van der Waals surface area contributed by atoms with Crippen molar-refractivity contribution in [2.75, 3.05) is 21.0 Å². The van der Waals surface area contributed by atoms with Crippen molar-refractivity contribution in [2.24, 2.45) is 0 Å². The number of fused-ring (bicyclic) bond motifs is 1. The van der Waals surface area contributed by atoms with Gasteiger partial charge in [-0.15, -0.1) is 0 Å². The van der Waals surface area contributed by atoms with Crippen LogP contribution in [-0.2, 0) is 11.2 Å². The van der Waals surface area contributed by atoms with Gasteiger partial charge in [-0.25, -0.2) is 0 Å². The summed E-state index contributed by atoms with van der Waals surface area (Å²) in [6.07, 6.45) is 2.06. The van der Waals surface area contributed by atoms with Crippen LogP contribution in [-0.4, -0.2) is 21.0 Å². The summed E-state index contributed by atoms with van der Waals surface area (Å²) < 4.78 is 16.6. The number of rotatable bonds is 7. The van der Waals surface area contributed by atoms with E-state index < -0.39 is 0 Å². The molecule has 0 unspecified atom stereocenters. The van der Waals surface area contributed by atoms with Crippen LogP contribution in [0.25, 0.3) is 21.9 Å². The van der Waals surface area contributed by atoms with Gasteiger partial charge in [-0.05, 0) is 41.1 Å². The zero-order valence-corrected chi connectivity index (χ0v) is 15.0. The van der Waals surface area contributed by atoms with Gasteiger partial charge in [-0.1, -0.05) is 49.7 Å². The van der Waals surface area contributed by atoms with E-state index in [1.54, 1.807) is 14.2 Å². The zero-order valence-electron chi connectivity index (χ0n) is 15.0. The van der Waals surface area contributed by atoms with E-state index in [1.165, 1.54) is 5.56 Å². The van der Waals surface area contributed by atoms with E-state index in [0.717, 1.165) is 46.2 Å². The van der Waals surface area contributed by atoms with Crippen molar-refractivity contribution in [3.05, 3.63) is 60.2 Å². The zero-order chi connectivity index (χ0) is 17.6. The van der Waals surface area contributed by atoms with Gasteiger partial charge in [-0.3, -0.25) is 0 Å². The molecule has 3 aromatic rings. The third kappa shape index (κ3) is 3.62. The average Bonchev–Trinajstić information content (AvgIpc) is 2.66. The average molecular weight is 336 g/mol. The molecule has 0 bridgehead atoms. The standard InChI is InChI=1S/C22H24O3/c1-4-8-17-13-18-14-19(24-3)11-12-20(18)22(25-15-23-2)21(17)16-9-6-5-7-10-16/h5-7,9-14H,4,8,15H2,1-3H3. The Hall–Kier alpha value is -2.52. The number of aryl methyl sites for hydroxylation is 1. The molecule has 0 fully saturated rings. The Kier molecular flexibility index (Phi) is 5.56. The first kappa shape index (κ1) is 17.3. The van der Waals surface area contributed by atoms with Crippen LogP contribution in [0.2, 0.25) is 0 Å². The fraction of sp³-hybridized carbons (Fsp3) is 0.273. The van der Waals surface area contributed by atoms with Crippen molar-refractivity contribution in [1.82, 2.24) is 0 Å². The second-order valence-electron chi connectivity index (χ2n) is 5.99. The van der Waals surface area contributed by atoms with Crippen molar-refractivity contribution in [2.45, 2.75) is 19.8 Å². The summed E-state index contributed by atoms with van der Waals surface area (Å²) in [5.74, 6) is 1.72. The lowest BCUT2D eigenvalue weighted by molar-refractivity contribution is 0.0526. The summed E-state index contributed by atoms with van der Waals surface area (Å²) in [6.45, 7) is 2.41. The predicted octanol–water partition coefficient (Wildman–Crippen LogP) is 5.45. The summed E-state index contributed by atoms with van der Waals surface area (Å²) in [4.78, 5) is 0. The predicted molar refractivity (Wildman–Crippen MR) is 102 cm³/mol. The summed E-state index contributed by atoms with van der Waals surface area (Å²) >= 11 is 0. The Labute approximate surface area is 149 Å². The van der Waals surface area contributed by atoms with Crippen molar-refractivity contribution in [3.63, 3.8) is 0 Å². The maximum atomic E-state index is 6.05. The molecule has 0 heterocycles. The van der Waals surface area contributed by atoms with E-state index in [0.29, 0.717) is 0 Å². The molecule has 0 aliphatic heterocycles. The molecule has 0 atom stereocenters. The highest BCUT2D eigenvalue weighted by Gasteiger charge is 2.17. The molecule has 0 aromatic heterocycles. The van der Waals surface area contributed by atoms with E-state index in [4.69, 9.17) is 14.2 Å². The minimum absolute atomic E-state index is 0.219.